The van der Waals surface area contributed by atoms with E-state index in [-0.39, 0.29) is 16.9 Å². The minimum atomic E-state index is -0.504. The van der Waals surface area contributed by atoms with Crippen molar-refractivity contribution in [2.24, 2.45) is 0 Å². The molecular weight excluding hydrogens is 661 g/mol. The van der Waals surface area contributed by atoms with Gasteiger partial charge in [-0.25, -0.2) is 0 Å². The molecule has 0 aliphatic heterocycles. The predicted octanol–water partition coefficient (Wildman–Crippen LogP) is 7.22. The van der Waals surface area contributed by atoms with Crippen molar-refractivity contribution in [2.75, 3.05) is 17.7 Å². The lowest BCUT2D eigenvalue weighted by molar-refractivity contribution is -0.116. The molecule has 0 spiro atoms. The van der Waals surface area contributed by atoms with Crippen molar-refractivity contribution in [1.82, 2.24) is 5.32 Å². The number of halogens is 1. The third kappa shape index (κ3) is 8.70. The Morgan fingerprint density at radius 1 is 0.857 bits per heavy atom. The van der Waals surface area contributed by atoms with Crippen LogP contribution in [0.1, 0.15) is 29.3 Å². The number of rotatable bonds is 11. The molecule has 3 N–H and O–H groups in total. The van der Waals surface area contributed by atoms with Crippen molar-refractivity contribution < 1.29 is 19.1 Å². The van der Waals surface area contributed by atoms with Crippen LogP contribution in [0.2, 0.25) is 0 Å². The molecule has 0 aliphatic carbocycles. The number of ether oxygens (including phenoxy) is 1. The summed E-state index contributed by atoms with van der Waals surface area (Å²) in [6.45, 7) is 1.96. The van der Waals surface area contributed by atoms with Crippen molar-refractivity contribution in [3.63, 3.8) is 0 Å². The second kappa shape index (κ2) is 15.2. The third-order valence-corrected chi connectivity index (χ3v) is 8.19. The highest BCUT2D eigenvalue weighted by molar-refractivity contribution is 14.1. The molecule has 3 amide bonds. The van der Waals surface area contributed by atoms with Crippen LogP contribution in [-0.2, 0) is 9.59 Å². The van der Waals surface area contributed by atoms with Gasteiger partial charge in [0.2, 0.25) is 5.91 Å². The number of para-hydroxylation sites is 1. The first-order valence-corrected chi connectivity index (χ1v) is 15.2. The fourth-order valence-corrected chi connectivity index (χ4v) is 5.34. The molecule has 214 valence electrons. The van der Waals surface area contributed by atoms with Crippen LogP contribution in [0, 0.1) is 3.57 Å². The van der Waals surface area contributed by atoms with Crippen molar-refractivity contribution >= 4 is 69.5 Å². The number of carbonyl (C=O) groups excluding carboxylic acids is 3. The summed E-state index contributed by atoms with van der Waals surface area (Å²) in [4.78, 5) is 40.3. The number of benzene rings is 4. The van der Waals surface area contributed by atoms with E-state index in [9.17, 15) is 14.4 Å². The molecule has 42 heavy (non-hydrogen) atoms. The minimum absolute atomic E-state index is 0.0507. The van der Waals surface area contributed by atoms with Gasteiger partial charge in [-0.2, -0.15) is 0 Å². The minimum Gasteiger partial charge on any atom is -0.496 e. The first-order valence-electron chi connectivity index (χ1n) is 13.2. The highest BCUT2D eigenvalue weighted by Gasteiger charge is 2.20. The number of amides is 3. The van der Waals surface area contributed by atoms with Crippen LogP contribution in [0.3, 0.4) is 0 Å². The summed E-state index contributed by atoms with van der Waals surface area (Å²) in [5.74, 6) is -0.454. The first kappa shape index (κ1) is 30.9. The lowest BCUT2D eigenvalue weighted by Crippen LogP contribution is -2.30. The van der Waals surface area contributed by atoms with Gasteiger partial charge in [-0.1, -0.05) is 49.4 Å². The second-order valence-corrected chi connectivity index (χ2v) is 11.6. The maximum atomic E-state index is 13.5. The van der Waals surface area contributed by atoms with Gasteiger partial charge in [-0.3, -0.25) is 14.4 Å². The van der Waals surface area contributed by atoms with Crippen molar-refractivity contribution in [3.8, 4) is 5.75 Å². The monoisotopic (exact) mass is 691 g/mol. The molecule has 0 fully saturated rings. The van der Waals surface area contributed by atoms with Crippen LogP contribution < -0.4 is 20.7 Å². The van der Waals surface area contributed by atoms with Crippen LogP contribution in [-0.4, -0.2) is 30.1 Å². The number of thioether (sulfide) groups is 1. The number of methoxy groups -OCH3 is 1. The summed E-state index contributed by atoms with van der Waals surface area (Å²) in [5, 5.41) is 8.28. The Morgan fingerprint density at radius 3 is 2.29 bits per heavy atom. The molecule has 4 rings (SSSR count). The molecule has 0 aliphatic rings. The van der Waals surface area contributed by atoms with E-state index in [4.69, 9.17) is 4.74 Å². The zero-order chi connectivity index (χ0) is 29.9. The Labute approximate surface area is 263 Å². The zero-order valence-electron chi connectivity index (χ0n) is 23.1. The first-order chi connectivity index (χ1) is 20.4. The van der Waals surface area contributed by atoms with Crippen molar-refractivity contribution in [2.45, 2.75) is 23.5 Å². The van der Waals surface area contributed by atoms with Crippen molar-refractivity contribution in [1.29, 1.82) is 0 Å². The molecule has 0 radical (unpaired) electrons. The van der Waals surface area contributed by atoms with E-state index in [0.29, 0.717) is 29.0 Å². The summed E-state index contributed by atoms with van der Waals surface area (Å²) in [5.41, 5.74) is 2.37. The summed E-state index contributed by atoms with van der Waals surface area (Å²) in [6, 6.07) is 30.8. The average Bonchev–Trinajstić information content (AvgIpc) is 3.01. The van der Waals surface area contributed by atoms with Gasteiger partial charge >= 0.3 is 0 Å². The molecule has 0 saturated carbocycles. The van der Waals surface area contributed by atoms with Gasteiger partial charge < -0.3 is 20.7 Å². The fraction of sp³-hybridized carbons (Fsp3) is 0.121. The molecule has 0 bridgehead atoms. The molecule has 4 aromatic rings. The SMILES string of the molecule is CCC(Sc1cccc(NC(=O)/C(=C\c2ccccc2OC)NC(=O)c2ccccc2)c1)C(=O)Nc1ccc(I)cc1. The summed E-state index contributed by atoms with van der Waals surface area (Å²) >= 11 is 3.64. The summed E-state index contributed by atoms with van der Waals surface area (Å²) in [7, 11) is 1.54. The molecule has 9 heteroatoms. The normalized spacial score (nSPS) is 11.7. The van der Waals surface area contributed by atoms with E-state index in [1.54, 1.807) is 55.7 Å². The molecule has 1 unspecified atom stereocenters. The highest BCUT2D eigenvalue weighted by Crippen LogP contribution is 2.29. The molecule has 4 aromatic carbocycles. The highest BCUT2D eigenvalue weighted by atomic mass is 127. The maximum Gasteiger partial charge on any atom is 0.272 e. The standard InChI is InChI=1S/C33H30IN3O4S/c1-3-30(33(40)35-25-18-16-24(34)17-19-25)42-27-14-9-13-26(21-27)36-32(39)28(20-23-12-7-8-15-29(23)41-2)37-31(38)22-10-5-4-6-11-22/h4-21,30H,3H2,1-2H3,(H,35,40)(H,36,39)(H,37,38)/b28-20+. The number of hydrogen-bond acceptors (Lipinski definition) is 5. The summed E-state index contributed by atoms with van der Waals surface area (Å²) in [6.07, 6.45) is 2.20. The quantitative estimate of drug-likeness (QED) is 0.0878. The topological polar surface area (TPSA) is 96.5 Å². The van der Waals surface area contributed by atoms with Crippen LogP contribution in [0.25, 0.3) is 6.08 Å². The summed E-state index contributed by atoms with van der Waals surface area (Å²) < 4.78 is 6.52. The van der Waals surface area contributed by atoms with Crippen LogP contribution in [0.15, 0.2) is 114 Å². The number of hydrogen-bond donors (Lipinski definition) is 3. The molecule has 1 atom stereocenters. The van der Waals surface area contributed by atoms with E-state index >= 15 is 0 Å². The predicted molar refractivity (Wildman–Crippen MR) is 178 cm³/mol. The Morgan fingerprint density at radius 2 is 1.57 bits per heavy atom. The van der Waals surface area contributed by atoms with E-state index in [1.807, 2.05) is 67.6 Å². The van der Waals surface area contributed by atoms with E-state index in [2.05, 4.69) is 38.5 Å². The van der Waals surface area contributed by atoms with Gasteiger partial charge in [0.05, 0.1) is 12.4 Å². The molecular formula is C33H30IN3O4S. The van der Waals surface area contributed by atoms with E-state index < -0.39 is 11.8 Å². The Bertz CT molecular complexity index is 1580. The Balaban J connectivity index is 1.52. The lowest BCUT2D eigenvalue weighted by atomic mass is 10.1. The molecule has 0 aromatic heterocycles. The van der Waals surface area contributed by atoms with E-state index in [1.165, 1.54) is 11.8 Å². The van der Waals surface area contributed by atoms with E-state index in [0.717, 1.165) is 14.2 Å². The Hall–Kier alpha value is -4.09. The maximum absolute atomic E-state index is 13.5. The number of nitrogens with one attached hydrogen (secondary N) is 3. The van der Waals surface area contributed by atoms with Gasteiger partial charge in [-0.15, -0.1) is 11.8 Å². The largest absolute Gasteiger partial charge is 0.496 e. The molecule has 0 heterocycles. The molecule has 0 saturated heterocycles. The fourth-order valence-electron chi connectivity index (χ4n) is 3.97. The van der Waals surface area contributed by atoms with Crippen LogP contribution in [0.4, 0.5) is 11.4 Å². The smallest absolute Gasteiger partial charge is 0.272 e. The third-order valence-electron chi connectivity index (χ3n) is 6.11. The number of anilines is 2. The zero-order valence-corrected chi connectivity index (χ0v) is 26.1. The van der Waals surface area contributed by atoms with Gasteiger partial charge in [-0.05, 0) is 95.8 Å². The average molecular weight is 692 g/mol. The Kier molecular flexibility index (Phi) is 11.2. The van der Waals surface area contributed by atoms with Crippen LogP contribution in [0.5, 0.6) is 5.75 Å². The van der Waals surface area contributed by atoms with Gasteiger partial charge in [0.25, 0.3) is 11.8 Å². The lowest BCUT2D eigenvalue weighted by Gasteiger charge is -2.16. The van der Waals surface area contributed by atoms with Gasteiger partial charge in [0, 0.05) is 31.0 Å². The second-order valence-electron chi connectivity index (χ2n) is 9.11. The molecule has 7 nitrogen and oxygen atoms in total. The van der Waals surface area contributed by atoms with Gasteiger partial charge in [0.1, 0.15) is 11.4 Å². The van der Waals surface area contributed by atoms with Crippen LogP contribution >= 0.6 is 34.4 Å². The van der Waals surface area contributed by atoms with Crippen molar-refractivity contribution in [3.05, 3.63) is 124 Å². The van der Waals surface area contributed by atoms with Gasteiger partial charge in [0.15, 0.2) is 0 Å². The number of carbonyl (C=O) groups is 3.